The summed E-state index contributed by atoms with van der Waals surface area (Å²) in [6.07, 6.45) is 54.0. The Kier molecular flexibility index (Phi) is 114. The number of carbonyl (C=O) groups excluding carboxylic acids is 4. The van der Waals surface area contributed by atoms with E-state index in [0.29, 0.717) is 53.9 Å². The Labute approximate surface area is 720 Å². The van der Waals surface area contributed by atoms with Gasteiger partial charge in [-0.3, -0.25) is 0 Å². The van der Waals surface area contributed by atoms with Gasteiger partial charge < -0.3 is 113 Å². The van der Waals surface area contributed by atoms with Gasteiger partial charge in [-0.2, -0.15) is 0 Å². The van der Waals surface area contributed by atoms with Gasteiger partial charge in [-0.05, 0) is 225 Å². The molecule has 0 saturated heterocycles. The summed E-state index contributed by atoms with van der Waals surface area (Å²) >= 11 is 0. The number of rotatable bonds is 27. The first-order valence-electron chi connectivity index (χ1n) is 41.3. The molecule has 0 aromatic carbocycles. The van der Waals surface area contributed by atoms with Crippen molar-refractivity contribution in [3.8, 4) is 0 Å². The van der Waals surface area contributed by atoms with Gasteiger partial charge in [0, 0.05) is 84.6 Å². The van der Waals surface area contributed by atoms with E-state index in [9.17, 15) is 19.2 Å². The minimum Gasteiger partial charge on any atom is -0.395 e. The second-order valence-corrected chi connectivity index (χ2v) is 33.3. The minimum absolute atomic E-state index is 0. The van der Waals surface area contributed by atoms with Crippen molar-refractivity contribution >= 4 is 25.1 Å². The first-order valence-corrected chi connectivity index (χ1v) is 41.3. The summed E-state index contributed by atoms with van der Waals surface area (Å²) in [6, 6.07) is 5.94. The molecule has 0 radical (unpaired) electrons. The topological polar surface area (TPSA) is 126 Å². The third kappa shape index (κ3) is 71.7. The first kappa shape index (κ1) is 138. The Morgan fingerprint density at radius 2 is 0.550 bits per heavy atom. The number of carbonyl (C=O) groups is 4. The van der Waals surface area contributed by atoms with Crippen LogP contribution in [-0.2, 0) is 70.4 Å². The molecular weight excluding hydrogens is 1480 g/mol. The number of aliphatic hydroxyl groups is 1. The second kappa shape index (κ2) is 90.2. The molecule has 8 rings (SSSR count). The summed E-state index contributed by atoms with van der Waals surface area (Å²) < 4.78 is 0. The van der Waals surface area contributed by atoms with E-state index in [1.807, 2.05) is 61.3 Å². The molecule has 0 aliphatic heterocycles. The van der Waals surface area contributed by atoms with Crippen molar-refractivity contribution in [2.75, 3.05) is 124 Å². The molecule has 666 valence electrons. The first-order chi connectivity index (χ1) is 46.7. The van der Waals surface area contributed by atoms with Crippen molar-refractivity contribution in [1.29, 1.82) is 0 Å². The quantitative estimate of drug-likeness (QED) is 0.0460. The third-order valence-corrected chi connectivity index (χ3v) is 21.9. The zero-order chi connectivity index (χ0) is 74.2. The molecule has 8 aliphatic carbocycles. The number of nitrogens with zero attached hydrogens (tertiary/aromatic N) is 8. The molecule has 0 aromatic rings. The molecule has 0 amide bonds. The van der Waals surface area contributed by atoms with Crippen LogP contribution >= 0.6 is 0 Å². The van der Waals surface area contributed by atoms with E-state index in [1.165, 1.54) is 232 Å². The Hall–Kier alpha value is -0.162. The Morgan fingerprint density at radius 3 is 0.697 bits per heavy atom. The van der Waals surface area contributed by atoms with Crippen molar-refractivity contribution in [3.63, 3.8) is 0 Å². The fourth-order valence-electron chi connectivity index (χ4n) is 15.7. The Morgan fingerprint density at radius 1 is 0.321 bits per heavy atom. The molecule has 8 saturated carbocycles. The maximum Gasteiger partial charge on any atom is 2.00 e. The Bertz CT molecular complexity index is 1650. The molecule has 17 heteroatoms. The number of unbranched alkanes of at least 4 members (excludes halogenated alkanes) is 2. The van der Waals surface area contributed by atoms with Crippen molar-refractivity contribution < 1.29 is 75.5 Å². The van der Waals surface area contributed by atoms with Gasteiger partial charge in [-0.25, -0.2) is 0 Å². The van der Waals surface area contributed by atoms with Crippen LogP contribution in [0.25, 0.3) is 0 Å². The normalized spacial score (nSPS) is 22.6. The number of likely N-dealkylation sites (N-methyl/N-ethyl adjacent to an activating group) is 5. The SMILES string of the molecule is C.C.C1CCCC1.C1CCCC1.CC(C)CCN(C)C1CCCCC1N(C)CCC(C)C.CC(C)NC(C)C.CCCCN(C)C1CCCCC1N(C)CCCC.CN(C)C1CCCC1C=O.CN(C)C1CCCC1C=O.CN(C)C1CCCC1C=O.CN(C)CCO.O=CC1CCCC1.[CH3-].[CH3-].[CH3-].[CH3-].[CH3-].[CH3-].[Fe+2].[Fe+2].[Fe+2]. The van der Waals surface area contributed by atoms with Crippen LogP contribution in [0.1, 0.15) is 322 Å². The summed E-state index contributed by atoms with van der Waals surface area (Å²) in [5.74, 6) is 2.95. The average molecular weight is 1680 g/mol. The number of aliphatic hydroxyl groups excluding tert-OH is 1. The van der Waals surface area contributed by atoms with Gasteiger partial charge in [0.05, 0.1) is 6.61 Å². The third-order valence-electron chi connectivity index (χ3n) is 21.9. The van der Waals surface area contributed by atoms with E-state index < -0.39 is 0 Å². The molecule has 0 heterocycles. The smallest absolute Gasteiger partial charge is 0.395 e. The van der Waals surface area contributed by atoms with Crippen LogP contribution < -0.4 is 5.32 Å². The van der Waals surface area contributed by atoms with E-state index >= 15 is 0 Å². The minimum atomic E-state index is 0. The second-order valence-electron chi connectivity index (χ2n) is 33.3. The summed E-state index contributed by atoms with van der Waals surface area (Å²) in [4.78, 5) is 60.5. The Balaban J connectivity index is -0.0000000871. The number of nitrogens with one attached hydrogen (secondary N) is 1. The van der Waals surface area contributed by atoms with E-state index in [1.54, 1.807) is 0 Å². The number of aldehydes is 4. The van der Waals surface area contributed by atoms with Crippen molar-refractivity contribution in [3.05, 3.63) is 44.6 Å². The molecule has 2 N–H and O–H groups in total. The largest absolute Gasteiger partial charge is 2.00 e. The van der Waals surface area contributed by atoms with Crippen LogP contribution in [0, 0.1) is 80.1 Å². The number of hydrogen-bond acceptors (Lipinski definition) is 14. The molecule has 0 bridgehead atoms. The van der Waals surface area contributed by atoms with Gasteiger partial charge in [0.2, 0.25) is 0 Å². The van der Waals surface area contributed by atoms with Crippen molar-refractivity contribution in [2.24, 2.45) is 35.5 Å². The van der Waals surface area contributed by atoms with Gasteiger partial charge in [0.1, 0.15) is 25.1 Å². The van der Waals surface area contributed by atoms with E-state index in [0.717, 1.165) is 99.8 Å². The summed E-state index contributed by atoms with van der Waals surface area (Å²) in [7, 11) is 25.5. The van der Waals surface area contributed by atoms with Gasteiger partial charge in [-0.1, -0.05) is 219 Å². The molecule has 10 atom stereocenters. The van der Waals surface area contributed by atoms with Crippen LogP contribution in [0.3, 0.4) is 0 Å². The molecule has 0 aromatic heterocycles. The van der Waals surface area contributed by atoms with Crippen LogP contribution in [-0.4, -0.2) is 248 Å². The maximum atomic E-state index is 10.5. The van der Waals surface area contributed by atoms with Crippen LogP contribution in [0.15, 0.2) is 0 Å². The van der Waals surface area contributed by atoms with Crippen LogP contribution in [0.2, 0.25) is 0 Å². The fourth-order valence-corrected chi connectivity index (χ4v) is 15.7. The van der Waals surface area contributed by atoms with Gasteiger partial charge in [0.15, 0.2) is 0 Å². The van der Waals surface area contributed by atoms with Crippen LogP contribution in [0.5, 0.6) is 0 Å². The monoisotopic (exact) mass is 1680 g/mol. The molecule has 109 heavy (non-hydrogen) atoms. The standard InChI is InChI=1S/C18H38N2.C16H34N2.3C8H15NO.C6H15N.C6H10O.2C5H10.C4H11NO.2CH4.6CH3.3Fe/c1-15(2)11-13-19(5)17-9-7-8-10-18(17)20(6)14-12-16(3)4;1-5-7-13-17(3)15-11-9-10-12-16(15)18(4)14-8-6-2;3*1-9(2)8-5-3-4-7(8)6-10;1-5(2)7-6(3)4;7-5-6-3-1-2-4-6;2*1-2-4-5-3-1;1-5(2)3-4-6;;;;;;;;;;;/h15-18H,7-14H2,1-6H3;15-16H,5-14H2,1-4H3;3*6-8H,3-5H2,1-2H3;5-7H,1-4H3;5-6H,1-4H2;2*1-5H2;6H,3-4H2,1-2H3;2*1H4;6*1H3;;;/q;;;;;;;;;;;;6*-1;3*+2. The molecule has 0 spiro atoms. The fraction of sp³-hybridized carbons (Fsp3) is 0.891. The van der Waals surface area contributed by atoms with Gasteiger partial charge in [0.25, 0.3) is 0 Å². The molecule has 10 unspecified atom stereocenters. The van der Waals surface area contributed by atoms with Gasteiger partial charge in [-0.15, -0.1) is 0 Å². The van der Waals surface area contributed by atoms with E-state index in [2.05, 4.69) is 137 Å². The molecule has 8 fully saturated rings. The van der Waals surface area contributed by atoms with Crippen molar-refractivity contribution in [2.45, 2.75) is 376 Å². The zero-order valence-corrected chi connectivity index (χ0v) is 79.9. The summed E-state index contributed by atoms with van der Waals surface area (Å²) in [5, 5.41) is 11.5. The zero-order valence-electron chi connectivity index (χ0n) is 76.6. The van der Waals surface area contributed by atoms with Crippen molar-refractivity contribution in [1.82, 2.24) is 44.5 Å². The predicted octanol–water partition coefficient (Wildman–Crippen LogP) is 20.9. The molecule has 14 nitrogen and oxygen atoms in total. The number of hydrogen-bond donors (Lipinski definition) is 2. The maximum absolute atomic E-state index is 10.5. The van der Waals surface area contributed by atoms with E-state index in [4.69, 9.17) is 5.11 Å². The molecular formula is C92H199Fe3N9O5. The predicted molar refractivity (Wildman–Crippen MR) is 479 cm³/mol. The average Bonchev–Trinajstić information content (AvgIpc) is 1.04. The summed E-state index contributed by atoms with van der Waals surface area (Å²) in [6.45, 7) is 28.6. The van der Waals surface area contributed by atoms with Crippen LogP contribution in [0.4, 0.5) is 0 Å². The van der Waals surface area contributed by atoms with E-state index in [-0.39, 0.29) is 117 Å². The van der Waals surface area contributed by atoms with Gasteiger partial charge >= 0.3 is 51.2 Å². The molecule has 8 aliphatic rings. The summed E-state index contributed by atoms with van der Waals surface area (Å²) in [5.41, 5.74) is 0.